The summed E-state index contributed by atoms with van der Waals surface area (Å²) in [7, 11) is -3.92. The van der Waals surface area contributed by atoms with Crippen molar-refractivity contribution < 1.29 is 22.7 Å². The van der Waals surface area contributed by atoms with Gasteiger partial charge < -0.3 is 10.1 Å². The topological polar surface area (TPSA) is 106 Å². The first kappa shape index (κ1) is 19.3. The molecule has 0 saturated carbocycles. The summed E-state index contributed by atoms with van der Waals surface area (Å²) < 4.78 is 32.1. The highest BCUT2D eigenvalue weighted by molar-refractivity contribution is 7.90. The molecular weight excluding hydrogens is 414 g/mol. The van der Waals surface area contributed by atoms with Gasteiger partial charge in [-0.05, 0) is 37.3 Å². The number of fused-ring (bicyclic) bond motifs is 2. The number of benzene rings is 2. The first-order valence-electron chi connectivity index (χ1n) is 8.89. The van der Waals surface area contributed by atoms with E-state index in [1.54, 1.807) is 24.3 Å². The summed E-state index contributed by atoms with van der Waals surface area (Å²) in [6, 6.07) is 11.5. The van der Waals surface area contributed by atoms with Crippen molar-refractivity contribution >= 4 is 48.5 Å². The second-order valence-electron chi connectivity index (χ2n) is 6.26. The standard InChI is InChI=1S/C19H17N3O5S2/c1-2-27-12-7-8-14-15(11-12)28-19(20-14)21-17(23)9-10-22-18(24)13-5-3-4-6-16(13)29(22,25)26/h3-8,11H,2,9-10H2,1H3,(H,20,21,23). The number of amides is 2. The molecule has 0 aliphatic carbocycles. The SMILES string of the molecule is CCOc1ccc2nc(NC(=O)CCN3C(=O)c4ccccc4S3(=O)=O)sc2c1. The van der Waals surface area contributed by atoms with E-state index in [4.69, 9.17) is 4.74 Å². The Bertz CT molecular complexity index is 1220. The Labute approximate surface area is 171 Å². The van der Waals surface area contributed by atoms with E-state index in [-0.39, 0.29) is 23.4 Å². The van der Waals surface area contributed by atoms with Crippen molar-refractivity contribution in [3.8, 4) is 5.75 Å². The average molecular weight is 431 g/mol. The largest absolute Gasteiger partial charge is 0.494 e. The van der Waals surface area contributed by atoms with Gasteiger partial charge in [-0.25, -0.2) is 17.7 Å². The maximum absolute atomic E-state index is 12.5. The van der Waals surface area contributed by atoms with Crippen molar-refractivity contribution in [1.29, 1.82) is 0 Å². The van der Waals surface area contributed by atoms with Crippen LogP contribution in [0, 0.1) is 0 Å². The first-order valence-corrected chi connectivity index (χ1v) is 11.1. The lowest BCUT2D eigenvalue weighted by Gasteiger charge is -2.14. The number of anilines is 1. The molecule has 150 valence electrons. The van der Waals surface area contributed by atoms with Gasteiger partial charge in [0, 0.05) is 13.0 Å². The number of hydrogen-bond donors (Lipinski definition) is 1. The number of thiazole rings is 1. The van der Waals surface area contributed by atoms with E-state index in [9.17, 15) is 18.0 Å². The summed E-state index contributed by atoms with van der Waals surface area (Å²) in [5, 5.41) is 3.07. The monoisotopic (exact) mass is 431 g/mol. The molecule has 1 aliphatic heterocycles. The summed E-state index contributed by atoms with van der Waals surface area (Å²) in [6.45, 7) is 2.21. The predicted octanol–water partition coefficient (Wildman–Crippen LogP) is 2.87. The zero-order valence-corrected chi connectivity index (χ0v) is 17.0. The Balaban J connectivity index is 1.43. The molecule has 0 spiro atoms. The molecule has 1 aromatic heterocycles. The second-order valence-corrected chi connectivity index (χ2v) is 9.12. The number of hydrogen-bond acceptors (Lipinski definition) is 7. The van der Waals surface area contributed by atoms with Crippen LogP contribution in [-0.2, 0) is 14.8 Å². The molecular formula is C19H17N3O5S2. The Kier molecular flexibility index (Phi) is 4.97. The van der Waals surface area contributed by atoms with Gasteiger partial charge in [0.2, 0.25) is 5.91 Å². The number of nitrogens with zero attached hydrogens (tertiary/aromatic N) is 2. The first-order chi connectivity index (χ1) is 13.9. The van der Waals surface area contributed by atoms with E-state index in [2.05, 4.69) is 10.3 Å². The average Bonchev–Trinajstić information content (AvgIpc) is 3.17. The van der Waals surface area contributed by atoms with Crippen LogP contribution in [0.4, 0.5) is 5.13 Å². The van der Waals surface area contributed by atoms with Crippen molar-refractivity contribution in [3.05, 3.63) is 48.0 Å². The lowest BCUT2D eigenvalue weighted by atomic mass is 10.2. The lowest BCUT2D eigenvalue weighted by Crippen LogP contribution is -2.33. The van der Waals surface area contributed by atoms with Crippen molar-refractivity contribution in [3.63, 3.8) is 0 Å². The van der Waals surface area contributed by atoms with Gasteiger partial charge in [-0.3, -0.25) is 9.59 Å². The Morgan fingerprint density at radius 1 is 1.24 bits per heavy atom. The van der Waals surface area contributed by atoms with E-state index in [0.29, 0.717) is 11.7 Å². The minimum atomic E-state index is -3.92. The highest BCUT2D eigenvalue weighted by Gasteiger charge is 2.40. The molecule has 0 bridgehead atoms. The fourth-order valence-electron chi connectivity index (χ4n) is 3.05. The molecule has 10 heteroatoms. The van der Waals surface area contributed by atoms with Gasteiger partial charge in [0.05, 0.1) is 22.4 Å². The highest BCUT2D eigenvalue weighted by atomic mass is 32.2. The van der Waals surface area contributed by atoms with E-state index >= 15 is 0 Å². The predicted molar refractivity (Wildman–Crippen MR) is 109 cm³/mol. The van der Waals surface area contributed by atoms with Gasteiger partial charge in [0.15, 0.2) is 5.13 Å². The number of sulfonamides is 1. The maximum Gasteiger partial charge on any atom is 0.269 e. The lowest BCUT2D eigenvalue weighted by molar-refractivity contribution is -0.116. The van der Waals surface area contributed by atoms with Crippen molar-refractivity contribution in [2.24, 2.45) is 0 Å². The van der Waals surface area contributed by atoms with Crippen LogP contribution in [0.2, 0.25) is 0 Å². The smallest absolute Gasteiger partial charge is 0.269 e. The normalized spacial score (nSPS) is 14.8. The number of aromatic nitrogens is 1. The third kappa shape index (κ3) is 3.56. The number of nitrogens with one attached hydrogen (secondary N) is 1. The Morgan fingerprint density at radius 2 is 2.03 bits per heavy atom. The molecule has 0 unspecified atom stereocenters. The van der Waals surface area contributed by atoms with Crippen LogP contribution in [0.1, 0.15) is 23.7 Å². The molecule has 0 saturated heterocycles. The third-order valence-corrected chi connectivity index (χ3v) is 7.15. The van der Waals surface area contributed by atoms with Crippen molar-refractivity contribution in [2.45, 2.75) is 18.2 Å². The molecule has 0 radical (unpaired) electrons. The molecule has 3 aromatic rings. The fraction of sp³-hybridized carbons (Fsp3) is 0.211. The van der Waals surface area contributed by atoms with Crippen LogP contribution in [0.5, 0.6) is 5.75 Å². The van der Waals surface area contributed by atoms with Gasteiger partial charge in [-0.15, -0.1) is 0 Å². The Morgan fingerprint density at radius 3 is 2.79 bits per heavy atom. The Hall–Kier alpha value is -2.98. The molecule has 29 heavy (non-hydrogen) atoms. The van der Waals surface area contributed by atoms with Crippen LogP contribution in [-0.4, -0.2) is 42.7 Å². The van der Waals surface area contributed by atoms with E-state index in [0.717, 1.165) is 20.3 Å². The van der Waals surface area contributed by atoms with Crippen molar-refractivity contribution in [1.82, 2.24) is 9.29 Å². The minimum Gasteiger partial charge on any atom is -0.494 e. The summed E-state index contributed by atoms with van der Waals surface area (Å²) >= 11 is 1.29. The molecule has 1 N–H and O–H groups in total. The number of carbonyl (C=O) groups excluding carboxylic acids is 2. The van der Waals surface area contributed by atoms with Crippen molar-refractivity contribution in [2.75, 3.05) is 18.5 Å². The van der Waals surface area contributed by atoms with Crippen LogP contribution in [0.15, 0.2) is 47.4 Å². The summed E-state index contributed by atoms with van der Waals surface area (Å²) in [5.41, 5.74) is 0.852. The van der Waals surface area contributed by atoms with E-state index < -0.39 is 21.8 Å². The van der Waals surface area contributed by atoms with Crippen LogP contribution >= 0.6 is 11.3 Å². The van der Waals surface area contributed by atoms with Gasteiger partial charge in [-0.2, -0.15) is 0 Å². The highest BCUT2D eigenvalue weighted by Crippen LogP contribution is 2.31. The molecule has 4 rings (SSSR count). The summed E-state index contributed by atoms with van der Waals surface area (Å²) in [5.74, 6) is -0.316. The number of carbonyl (C=O) groups is 2. The molecule has 8 nitrogen and oxygen atoms in total. The molecule has 2 amide bonds. The van der Waals surface area contributed by atoms with Crippen LogP contribution in [0.3, 0.4) is 0 Å². The quantitative estimate of drug-likeness (QED) is 0.643. The van der Waals surface area contributed by atoms with Gasteiger partial charge in [-0.1, -0.05) is 23.5 Å². The summed E-state index contributed by atoms with van der Waals surface area (Å²) in [6.07, 6.45) is -0.168. The minimum absolute atomic E-state index is 0.0262. The maximum atomic E-state index is 12.5. The van der Waals surface area contributed by atoms with Gasteiger partial charge >= 0.3 is 0 Å². The van der Waals surface area contributed by atoms with Gasteiger partial charge in [0.1, 0.15) is 10.6 Å². The van der Waals surface area contributed by atoms with Crippen LogP contribution < -0.4 is 10.1 Å². The zero-order valence-electron chi connectivity index (χ0n) is 15.4. The third-order valence-electron chi connectivity index (χ3n) is 4.37. The molecule has 2 aromatic carbocycles. The molecule has 2 heterocycles. The molecule has 0 atom stereocenters. The number of rotatable bonds is 6. The van der Waals surface area contributed by atoms with Gasteiger partial charge in [0.25, 0.3) is 15.9 Å². The fourth-order valence-corrected chi connectivity index (χ4v) is 5.53. The molecule has 1 aliphatic rings. The number of ether oxygens (including phenoxy) is 1. The van der Waals surface area contributed by atoms with E-state index in [1.807, 2.05) is 13.0 Å². The van der Waals surface area contributed by atoms with Crippen LogP contribution in [0.25, 0.3) is 10.2 Å². The zero-order chi connectivity index (χ0) is 20.6. The molecule has 0 fully saturated rings. The second kappa shape index (κ2) is 7.45. The summed E-state index contributed by atoms with van der Waals surface area (Å²) in [4.78, 5) is 29.0. The van der Waals surface area contributed by atoms with E-state index in [1.165, 1.54) is 23.5 Å².